The summed E-state index contributed by atoms with van der Waals surface area (Å²) < 4.78 is 0. The van der Waals surface area contributed by atoms with Gasteiger partial charge in [0.2, 0.25) is 5.91 Å². The van der Waals surface area contributed by atoms with E-state index < -0.39 is 0 Å². The van der Waals surface area contributed by atoms with Crippen LogP contribution in [-0.2, 0) is 4.79 Å². The number of hydrogen-bond acceptors (Lipinski definition) is 2. The number of fused-ring (bicyclic) bond motifs is 1. The molecule has 1 aliphatic heterocycles. The Labute approximate surface area is 72.9 Å². The van der Waals surface area contributed by atoms with Crippen LogP contribution >= 0.6 is 0 Å². The van der Waals surface area contributed by atoms with E-state index in [-0.39, 0.29) is 5.91 Å². The fraction of sp³-hybridized carbons (Fsp3) is 0.889. The summed E-state index contributed by atoms with van der Waals surface area (Å²) in [5.41, 5.74) is 0. The second-order valence-corrected chi connectivity index (χ2v) is 4.05. The third-order valence-corrected chi connectivity index (χ3v) is 3.06. The van der Waals surface area contributed by atoms with Crippen molar-refractivity contribution < 1.29 is 4.79 Å². The molecule has 1 saturated heterocycles. The minimum atomic E-state index is 0.118. The van der Waals surface area contributed by atoms with Gasteiger partial charge in [0.1, 0.15) is 0 Å². The number of hydrogen-bond donors (Lipinski definition) is 2. The predicted octanol–water partition coefficient (Wildman–Crippen LogP) is 0.120. The SMILES string of the molecule is CC(=O)NC1C[C@H]2CNC[C@H]2C1. The van der Waals surface area contributed by atoms with Crippen LogP contribution in [0.1, 0.15) is 19.8 Å². The fourth-order valence-electron chi connectivity index (χ4n) is 2.57. The van der Waals surface area contributed by atoms with E-state index in [1.165, 1.54) is 12.8 Å². The average Bonchev–Trinajstić information content (AvgIpc) is 2.43. The molecule has 0 aromatic heterocycles. The lowest BCUT2D eigenvalue weighted by Crippen LogP contribution is -2.32. The molecular formula is C9H16N2O. The van der Waals surface area contributed by atoms with E-state index in [9.17, 15) is 4.79 Å². The van der Waals surface area contributed by atoms with E-state index in [1.54, 1.807) is 6.92 Å². The Morgan fingerprint density at radius 2 is 1.92 bits per heavy atom. The number of carbonyl (C=O) groups is 1. The minimum absolute atomic E-state index is 0.118. The van der Waals surface area contributed by atoms with Crippen LogP contribution in [0.15, 0.2) is 0 Å². The predicted molar refractivity (Wildman–Crippen MR) is 46.7 cm³/mol. The summed E-state index contributed by atoms with van der Waals surface area (Å²) in [7, 11) is 0. The zero-order chi connectivity index (χ0) is 8.55. The first-order chi connectivity index (χ1) is 5.75. The molecule has 0 aromatic carbocycles. The molecule has 1 saturated carbocycles. The van der Waals surface area contributed by atoms with Crippen molar-refractivity contribution in [2.75, 3.05) is 13.1 Å². The van der Waals surface area contributed by atoms with Gasteiger partial charge in [-0.2, -0.15) is 0 Å². The maximum Gasteiger partial charge on any atom is 0.217 e. The van der Waals surface area contributed by atoms with Gasteiger partial charge in [-0.1, -0.05) is 0 Å². The molecule has 0 bridgehead atoms. The number of rotatable bonds is 1. The van der Waals surface area contributed by atoms with E-state index >= 15 is 0 Å². The summed E-state index contributed by atoms with van der Waals surface area (Å²) in [6.07, 6.45) is 2.36. The first-order valence-electron chi connectivity index (χ1n) is 4.73. The van der Waals surface area contributed by atoms with Gasteiger partial charge >= 0.3 is 0 Å². The molecule has 3 atom stereocenters. The Balaban J connectivity index is 1.86. The van der Waals surface area contributed by atoms with Gasteiger partial charge in [0, 0.05) is 13.0 Å². The van der Waals surface area contributed by atoms with E-state index in [1.807, 2.05) is 0 Å². The lowest BCUT2D eigenvalue weighted by Gasteiger charge is -2.11. The van der Waals surface area contributed by atoms with Gasteiger partial charge in [0.05, 0.1) is 0 Å². The van der Waals surface area contributed by atoms with Crippen molar-refractivity contribution >= 4 is 5.91 Å². The normalized spacial score (nSPS) is 39.6. The molecule has 2 fully saturated rings. The molecule has 0 aromatic rings. The quantitative estimate of drug-likeness (QED) is 0.584. The van der Waals surface area contributed by atoms with Gasteiger partial charge in [0.25, 0.3) is 0 Å². The molecule has 1 heterocycles. The van der Waals surface area contributed by atoms with Crippen molar-refractivity contribution in [3.8, 4) is 0 Å². The van der Waals surface area contributed by atoms with Crippen molar-refractivity contribution in [2.45, 2.75) is 25.8 Å². The van der Waals surface area contributed by atoms with Crippen LogP contribution in [0.5, 0.6) is 0 Å². The molecule has 2 N–H and O–H groups in total. The second-order valence-electron chi connectivity index (χ2n) is 4.05. The zero-order valence-corrected chi connectivity index (χ0v) is 7.47. The van der Waals surface area contributed by atoms with Crippen LogP contribution in [0.4, 0.5) is 0 Å². The lowest BCUT2D eigenvalue weighted by molar-refractivity contribution is -0.119. The lowest BCUT2D eigenvalue weighted by atomic mass is 10.0. The molecule has 68 valence electrons. The van der Waals surface area contributed by atoms with Gasteiger partial charge < -0.3 is 10.6 Å². The highest BCUT2D eigenvalue weighted by Gasteiger charge is 2.37. The summed E-state index contributed by atoms with van der Waals surface area (Å²) >= 11 is 0. The monoisotopic (exact) mass is 168 g/mol. The van der Waals surface area contributed by atoms with Gasteiger partial charge in [0.15, 0.2) is 0 Å². The van der Waals surface area contributed by atoms with Crippen molar-refractivity contribution in [3.05, 3.63) is 0 Å². The number of amides is 1. The molecule has 2 rings (SSSR count). The Morgan fingerprint density at radius 1 is 1.33 bits per heavy atom. The average molecular weight is 168 g/mol. The zero-order valence-electron chi connectivity index (χ0n) is 7.47. The van der Waals surface area contributed by atoms with Crippen LogP contribution in [-0.4, -0.2) is 25.0 Å². The number of nitrogens with one attached hydrogen (secondary N) is 2. The molecule has 0 spiro atoms. The van der Waals surface area contributed by atoms with Crippen molar-refractivity contribution in [1.29, 1.82) is 0 Å². The van der Waals surface area contributed by atoms with Crippen molar-refractivity contribution in [2.24, 2.45) is 11.8 Å². The molecule has 3 heteroatoms. The van der Waals surface area contributed by atoms with E-state index in [0.717, 1.165) is 24.9 Å². The second kappa shape index (κ2) is 3.05. The maximum absolute atomic E-state index is 10.8. The molecule has 1 aliphatic carbocycles. The molecule has 1 amide bonds. The summed E-state index contributed by atoms with van der Waals surface area (Å²) in [4.78, 5) is 10.8. The van der Waals surface area contributed by atoms with Gasteiger partial charge in [-0.25, -0.2) is 0 Å². The fourth-order valence-corrected chi connectivity index (χ4v) is 2.57. The largest absolute Gasteiger partial charge is 0.354 e. The Morgan fingerprint density at radius 3 is 2.42 bits per heavy atom. The van der Waals surface area contributed by atoms with E-state index in [0.29, 0.717) is 6.04 Å². The Kier molecular flexibility index (Phi) is 2.05. The molecular weight excluding hydrogens is 152 g/mol. The van der Waals surface area contributed by atoms with Crippen molar-refractivity contribution in [1.82, 2.24) is 10.6 Å². The van der Waals surface area contributed by atoms with Crippen LogP contribution in [0, 0.1) is 11.8 Å². The molecule has 3 nitrogen and oxygen atoms in total. The molecule has 12 heavy (non-hydrogen) atoms. The third kappa shape index (κ3) is 1.46. The highest BCUT2D eigenvalue weighted by molar-refractivity contribution is 5.73. The number of carbonyl (C=O) groups excluding carboxylic acids is 1. The summed E-state index contributed by atoms with van der Waals surface area (Å²) in [5.74, 6) is 1.76. The van der Waals surface area contributed by atoms with Gasteiger partial charge in [-0.3, -0.25) is 4.79 Å². The smallest absolute Gasteiger partial charge is 0.217 e. The van der Waals surface area contributed by atoms with Gasteiger partial charge in [-0.15, -0.1) is 0 Å². The first kappa shape index (κ1) is 8.05. The summed E-state index contributed by atoms with van der Waals surface area (Å²) in [6.45, 7) is 3.91. The highest BCUT2D eigenvalue weighted by Crippen LogP contribution is 2.34. The molecule has 2 aliphatic rings. The van der Waals surface area contributed by atoms with Crippen LogP contribution in [0.3, 0.4) is 0 Å². The Hall–Kier alpha value is -0.570. The summed E-state index contributed by atoms with van der Waals surface area (Å²) in [5, 5.41) is 6.39. The maximum atomic E-state index is 10.8. The first-order valence-corrected chi connectivity index (χ1v) is 4.73. The topological polar surface area (TPSA) is 41.1 Å². The van der Waals surface area contributed by atoms with Gasteiger partial charge in [-0.05, 0) is 37.8 Å². The Bertz CT molecular complexity index is 181. The van der Waals surface area contributed by atoms with Crippen LogP contribution < -0.4 is 10.6 Å². The van der Waals surface area contributed by atoms with Crippen LogP contribution in [0.25, 0.3) is 0 Å². The van der Waals surface area contributed by atoms with Crippen molar-refractivity contribution in [3.63, 3.8) is 0 Å². The highest BCUT2D eigenvalue weighted by atomic mass is 16.1. The molecule has 0 radical (unpaired) electrons. The third-order valence-electron chi connectivity index (χ3n) is 3.06. The minimum Gasteiger partial charge on any atom is -0.354 e. The summed E-state index contributed by atoms with van der Waals surface area (Å²) in [6, 6.07) is 0.458. The van der Waals surface area contributed by atoms with E-state index in [2.05, 4.69) is 10.6 Å². The molecule has 1 unspecified atom stereocenters. The van der Waals surface area contributed by atoms with Crippen LogP contribution in [0.2, 0.25) is 0 Å². The standard InChI is InChI=1S/C9H16N2O/c1-6(12)11-9-2-7-4-10-5-8(7)3-9/h7-10H,2-5H2,1H3,(H,11,12)/t7-,8+,9?. The van der Waals surface area contributed by atoms with E-state index in [4.69, 9.17) is 0 Å².